The normalized spacial score (nSPS) is 12.6. The van der Waals surface area contributed by atoms with Crippen molar-refractivity contribution in [3.8, 4) is 5.88 Å². The Morgan fingerprint density at radius 3 is 2.30 bits per heavy atom. The molecule has 0 aliphatic carbocycles. The first-order valence-electron chi connectivity index (χ1n) is 9.98. The van der Waals surface area contributed by atoms with Gasteiger partial charge in [-0.15, -0.1) is 0 Å². The smallest absolute Gasteiger partial charge is 0.296 e. The van der Waals surface area contributed by atoms with Crippen molar-refractivity contribution >= 4 is 9.84 Å². The van der Waals surface area contributed by atoms with E-state index in [0.717, 1.165) is 24.0 Å². The Morgan fingerprint density at radius 2 is 1.70 bits per heavy atom. The summed E-state index contributed by atoms with van der Waals surface area (Å²) >= 11 is 0. The van der Waals surface area contributed by atoms with Crippen LogP contribution in [0.2, 0.25) is 0 Å². The van der Waals surface area contributed by atoms with Crippen LogP contribution in [0, 0.1) is 6.92 Å². The van der Waals surface area contributed by atoms with E-state index >= 15 is 0 Å². The van der Waals surface area contributed by atoms with Crippen LogP contribution in [0.1, 0.15) is 49.7 Å². The first-order valence-corrected chi connectivity index (χ1v) is 11.5. The predicted molar refractivity (Wildman–Crippen MR) is 116 cm³/mol. The maximum absolute atomic E-state index is 13.2. The lowest BCUT2D eigenvalue weighted by molar-refractivity contribution is 0.369. The van der Waals surface area contributed by atoms with Crippen molar-refractivity contribution in [1.82, 2.24) is 9.55 Å². The minimum absolute atomic E-state index is 0.0532. The van der Waals surface area contributed by atoms with Gasteiger partial charge in [0.05, 0.1) is 10.9 Å². The van der Waals surface area contributed by atoms with Crippen LogP contribution in [0.4, 0.5) is 0 Å². The lowest BCUT2D eigenvalue weighted by Crippen LogP contribution is -2.27. The number of rotatable bonds is 7. The SMILES string of the molecule is CCCCc1nc(=O)c(S(=O)(=O)c2ccc(C)cc2)c(O)n1[C@H](C)c1ccccc1. The first kappa shape index (κ1) is 21.8. The molecule has 0 aliphatic rings. The number of sulfone groups is 1. The van der Waals surface area contributed by atoms with E-state index in [9.17, 15) is 18.3 Å². The van der Waals surface area contributed by atoms with Gasteiger partial charge in [0.15, 0.2) is 4.90 Å². The summed E-state index contributed by atoms with van der Waals surface area (Å²) in [5.74, 6) is -0.198. The molecule has 0 fully saturated rings. The molecular formula is C23H26N2O4S. The maximum atomic E-state index is 13.2. The van der Waals surface area contributed by atoms with Gasteiger partial charge in [-0.3, -0.25) is 9.36 Å². The number of aromatic hydroxyl groups is 1. The van der Waals surface area contributed by atoms with Gasteiger partial charge in [0.25, 0.3) is 5.56 Å². The highest BCUT2D eigenvalue weighted by Gasteiger charge is 2.31. The van der Waals surface area contributed by atoms with E-state index in [1.165, 1.54) is 16.7 Å². The van der Waals surface area contributed by atoms with Crippen molar-refractivity contribution in [2.75, 3.05) is 0 Å². The monoisotopic (exact) mass is 426 g/mol. The Balaban J connectivity index is 2.25. The average Bonchev–Trinajstić information content (AvgIpc) is 2.72. The molecule has 1 N–H and O–H groups in total. The van der Waals surface area contributed by atoms with Gasteiger partial charge in [-0.25, -0.2) is 8.42 Å². The molecule has 6 nitrogen and oxygen atoms in total. The molecule has 158 valence electrons. The van der Waals surface area contributed by atoms with Crippen LogP contribution < -0.4 is 5.56 Å². The molecule has 0 saturated heterocycles. The van der Waals surface area contributed by atoms with Gasteiger partial charge in [-0.1, -0.05) is 61.4 Å². The molecule has 1 heterocycles. The number of nitrogens with zero attached hydrogens (tertiary/aromatic N) is 2. The fourth-order valence-electron chi connectivity index (χ4n) is 3.42. The summed E-state index contributed by atoms with van der Waals surface area (Å²) in [6, 6.07) is 15.2. The maximum Gasteiger partial charge on any atom is 0.296 e. The molecule has 0 spiro atoms. The van der Waals surface area contributed by atoms with Gasteiger partial charge in [0.2, 0.25) is 15.7 Å². The second kappa shape index (κ2) is 8.83. The number of aromatic nitrogens is 2. The summed E-state index contributed by atoms with van der Waals surface area (Å²) in [5, 5.41) is 11.1. The van der Waals surface area contributed by atoms with Crippen LogP contribution in [0.25, 0.3) is 0 Å². The summed E-state index contributed by atoms with van der Waals surface area (Å²) in [6.45, 7) is 5.70. The summed E-state index contributed by atoms with van der Waals surface area (Å²) in [6.07, 6.45) is 2.10. The lowest BCUT2D eigenvalue weighted by atomic mass is 10.1. The summed E-state index contributed by atoms with van der Waals surface area (Å²) in [4.78, 5) is 16.1. The molecule has 0 amide bonds. The van der Waals surface area contributed by atoms with Crippen molar-refractivity contribution in [2.24, 2.45) is 0 Å². The van der Waals surface area contributed by atoms with E-state index in [4.69, 9.17) is 0 Å². The molecule has 1 atom stereocenters. The van der Waals surface area contributed by atoms with Crippen LogP contribution in [-0.4, -0.2) is 23.1 Å². The minimum atomic E-state index is -4.24. The van der Waals surface area contributed by atoms with Gasteiger partial charge in [-0.05, 0) is 38.0 Å². The van der Waals surface area contributed by atoms with Gasteiger partial charge < -0.3 is 5.11 Å². The van der Waals surface area contributed by atoms with E-state index in [1.807, 2.05) is 51.1 Å². The van der Waals surface area contributed by atoms with Gasteiger partial charge >= 0.3 is 0 Å². The highest BCUT2D eigenvalue weighted by atomic mass is 32.2. The lowest BCUT2D eigenvalue weighted by Gasteiger charge is -2.23. The van der Waals surface area contributed by atoms with Crippen molar-refractivity contribution in [3.63, 3.8) is 0 Å². The molecule has 3 rings (SSSR count). The van der Waals surface area contributed by atoms with Crippen LogP contribution in [0.3, 0.4) is 0 Å². The van der Waals surface area contributed by atoms with Crippen molar-refractivity contribution in [1.29, 1.82) is 0 Å². The molecule has 0 saturated carbocycles. The molecule has 0 bridgehead atoms. The van der Waals surface area contributed by atoms with Crippen molar-refractivity contribution in [3.05, 3.63) is 81.9 Å². The van der Waals surface area contributed by atoms with Gasteiger partial charge in [0.1, 0.15) is 5.82 Å². The highest BCUT2D eigenvalue weighted by molar-refractivity contribution is 7.91. The zero-order valence-electron chi connectivity index (χ0n) is 17.4. The fourth-order valence-corrected chi connectivity index (χ4v) is 4.76. The molecule has 0 unspecified atom stereocenters. The van der Waals surface area contributed by atoms with E-state index in [0.29, 0.717) is 12.2 Å². The molecule has 0 radical (unpaired) electrons. The van der Waals surface area contributed by atoms with Crippen molar-refractivity contribution < 1.29 is 13.5 Å². The van der Waals surface area contributed by atoms with Gasteiger partial charge in [-0.2, -0.15) is 4.98 Å². The van der Waals surface area contributed by atoms with Crippen LogP contribution in [0.15, 0.2) is 69.2 Å². The standard InChI is InChI=1S/C23H26N2O4S/c1-4-5-11-20-24-22(26)21(30(28,29)19-14-12-16(2)13-15-19)23(27)25(20)17(3)18-9-7-6-8-10-18/h6-10,12-15,17,27H,4-5,11H2,1-3H3/t17-/m1/s1. The third-order valence-corrected chi connectivity index (χ3v) is 6.94. The van der Waals surface area contributed by atoms with E-state index in [-0.39, 0.29) is 4.90 Å². The molecule has 3 aromatic rings. The Hall–Kier alpha value is -2.93. The number of benzene rings is 2. The van der Waals surface area contributed by atoms with Crippen LogP contribution in [-0.2, 0) is 16.3 Å². The molecular weight excluding hydrogens is 400 g/mol. The second-order valence-electron chi connectivity index (χ2n) is 7.36. The van der Waals surface area contributed by atoms with Gasteiger partial charge in [0, 0.05) is 6.42 Å². The minimum Gasteiger partial charge on any atom is -0.493 e. The summed E-state index contributed by atoms with van der Waals surface area (Å²) < 4.78 is 27.9. The summed E-state index contributed by atoms with van der Waals surface area (Å²) in [5.41, 5.74) is 0.826. The Kier molecular flexibility index (Phi) is 6.41. The molecule has 7 heteroatoms. The zero-order valence-corrected chi connectivity index (χ0v) is 18.2. The highest BCUT2D eigenvalue weighted by Crippen LogP contribution is 2.31. The molecule has 0 aliphatic heterocycles. The zero-order chi connectivity index (χ0) is 21.9. The summed E-state index contributed by atoms with van der Waals surface area (Å²) in [7, 11) is -4.24. The number of aryl methyl sites for hydroxylation is 2. The second-order valence-corrected chi connectivity index (χ2v) is 9.25. The first-order chi connectivity index (χ1) is 14.3. The van der Waals surface area contributed by atoms with Crippen LogP contribution >= 0.6 is 0 Å². The predicted octanol–water partition coefficient (Wildman–Crippen LogP) is 4.04. The molecule has 2 aromatic carbocycles. The average molecular weight is 427 g/mol. The van der Waals surface area contributed by atoms with Crippen LogP contribution in [0.5, 0.6) is 5.88 Å². The number of unbranched alkanes of at least 4 members (excludes halogenated alkanes) is 1. The fraction of sp³-hybridized carbons (Fsp3) is 0.304. The topological polar surface area (TPSA) is 89.3 Å². The Bertz CT molecular complexity index is 1180. The Morgan fingerprint density at radius 1 is 1.07 bits per heavy atom. The number of hydrogen-bond acceptors (Lipinski definition) is 5. The van der Waals surface area contributed by atoms with E-state index in [1.54, 1.807) is 12.1 Å². The van der Waals surface area contributed by atoms with Crippen molar-refractivity contribution in [2.45, 2.75) is 55.9 Å². The largest absolute Gasteiger partial charge is 0.493 e. The quantitative estimate of drug-likeness (QED) is 0.616. The number of hydrogen-bond donors (Lipinski definition) is 1. The van der Waals surface area contributed by atoms with E-state index < -0.39 is 32.2 Å². The third-order valence-electron chi connectivity index (χ3n) is 5.16. The third kappa shape index (κ3) is 4.16. The van der Waals surface area contributed by atoms with E-state index in [2.05, 4.69) is 4.98 Å². The molecule has 30 heavy (non-hydrogen) atoms. The molecule has 1 aromatic heterocycles. The Labute approximate surface area is 176 Å².